The number of rotatable bonds is 2. The highest BCUT2D eigenvalue weighted by molar-refractivity contribution is 7.19. The predicted octanol–water partition coefficient (Wildman–Crippen LogP) is 3.42. The fourth-order valence-corrected chi connectivity index (χ4v) is 5.66. The summed E-state index contributed by atoms with van der Waals surface area (Å²) in [5.41, 5.74) is -1.67. The summed E-state index contributed by atoms with van der Waals surface area (Å²) >= 11 is 8.32. The van der Waals surface area contributed by atoms with Crippen molar-refractivity contribution in [2.75, 3.05) is 19.7 Å². The van der Waals surface area contributed by atoms with Crippen LogP contribution in [0, 0.1) is 0 Å². The predicted molar refractivity (Wildman–Crippen MR) is 101 cm³/mol. The second-order valence-corrected chi connectivity index (χ2v) is 9.05. The van der Waals surface area contributed by atoms with E-state index in [1.54, 1.807) is 18.3 Å². The highest BCUT2D eigenvalue weighted by Crippen LogP contribution is 2.41. The Kier molecular flexibility index (Phi) is 4.59. The zero-order chi connectivity index (χ0) is 17.7. The minimum atomic E-state index is -1.06. The van der Waals surface area contributed by atoms with Gasteiger partial charge >= 0.3 is 0 Å². The Hall–Kier alpha value is -0.690. The molecule has 0 unspecified atom stereocenters. The number of piperidine rings is 1. The number of benzene rings is 1. The monoisotopic (exact) mass is 381 g/mol. The van der Waals surface area contributed by atoms with Gasteiger partial charge in [-0.3, -0.25) is 4.90 Å². The molecule has 0 saturated carbocycles. The number of fused-ring (bicyclic) bond motifs is 1. The highest BCUT2D eigenvalue weighted by Gasteiger charge is 2.52. The minimum absolute atomic E-state index is 0.483. The van der Waals surface area contributed by atoms with E-state index in [4.69, 9.17) is 16.3 Å². The molecule has 2 aliphatic heterocycles. The second-order valence-electron chi connectivity index (χ2n) is 7.53. The van der Waals surface area contributed by atoms with Crippen LogP contribution in [-0.2, 0) is 11.3 Å². The quantitative estimate of drug-likeness (QED) is 0.836. The largest absolute Gasteiger partial charge is 0.387 e. The smallest absolute Gasteiger partial charge is 0.111 e. The van der Waals surface area contributed by atoms with E-state index in [2.05, 4.69) is 17.0 Å². The van der Waals surface area contributed by atoms with Gasteiger partial charge in [0.15, 0.2) is 0 Å². The maximum Gasteiger partial charge on any atom is 0.111 e. The summed E-state index contributed by atoms with van der Waals surface area (Å²) in [7, 11) is 0. The van der Waals surface area contributed by atoms with Crippen LogP contribution in [0.4, 0.5) is 0 Å². The number of aliphatic hydroxyl groups is 2. The Morgan fingerprint density at radius 1 is 1.28 bits per heavy atom. The molecular formula is C19H24ClNO3S. The van der Waals surface area contributed by atoms with Gasteiger partial charge < -0.3 is 14.9 Å². The third-order valence-corrected chi connectivity index (χ3v) is 7.46. The van der Waals surface area contributed by atoms with Gasteiger partial charge in [0, 0.05) is 41.0 Å². The molecule has 1 spiro atoms. The Morgan fingerprint density at radius 2 is 2.00 bits per heavy atom. The van der Waals surface area contributed by atoms with Crippen LogP contribution in [0.15, 0.2) is 24.3 Å². The number of ether oxygens (including phenoxy) is 1. The van der Waals surface area contributed by atoms with Gasteiger partial charge in [0.05, 0.1) is 22.8 Å². The Labute approximate surface area is 157 Å². The van der Waals surface area contributed by atoms with E-state index in [-0.39, 0.29) is 0 Å². The lowest BCUT2D eigenvalue weighted by atomic mass is 9.75. The number of hydrogen-bond donors (Lipinski definition) is 2. The van der Waals surface area contributed by atoms with E-state index in [1.165, 1.54) is 9.58 Å². The summed E-state index contributed by atoms with van der Waals surface area (Å²) in [5.74, 6) is 0. The standard InChI is InChI=1S/C19H24ClNO3S/c1-18(23)8-11-24-19(17(18)22)6-9-21(10-7-19)12-15-16(20)13-4-2-3-5-14(13)25-15/h2-5,17,22-23H,6-12H2,1H3/t17-,18+/m0/s1. The van der Waals surface area contributed by atoms with Crippen molar-refractivity contribution >= 4 is 33.0 Å². The van der Waals surface area contributed by atoms with Crippen LogP contribution in [0.5, 0.6) is 0 Å². The first-order valence-corrected chi connectivity index (χ1v) is 10.0. The molecule has 2 aliphatic rings. The molecular weight excluding hydrogens is 358 g/mol. The van der Waals surface area contributed by atoms with Crippen molar-refractivity contribution in [3.8, 4) is 0 Å². The average molecular weight is 382 g/mol. The molecule has 1 aromatic heterocycles. The van der Waals surface area contributed by atoms with E-state index < -0.39 is 17.3 Å². The van der Waals surface area contributed by atoms with Crippen LogP contribution in [0.3, 0.4) is 0 Å². The van der Waals surface area contributed by atoms with Gasteiger partial charge in [-0.1, -0.05) is 29.8 Å². The molecule has 0 bridgehead atoms. The summed E-state index contributed by atoms with van der Waals surface area (Å²) in [6, 6.07) is 8.23. The Bertz CT molecular complexity index is 767. The van der Waals surface area contributed by atoms with E-state index in [0.29, 0.717) is 13.0 Å². The van der Waals surface area contributed by atoms with Crippen LogP contribution < -0.4 is 0 Å². The van der Waals surface area contributed by atoms with Gasteiger partial charge in [0.2, 0.25) is 0 Å². The molecule has 2 atom stereocenters. The third kappa shape index (κ3) is 3.11. The van der Waals surface area contributed by atoms with Gasteiger partial charge in [-0.25, -0.2) is 0 Å². The lowest BCUT2D eigenvalue weighted by Gasteiger charge is -2.51. The first-order chi connectivity index (χ1) is 11.9. The van der Waals surface area contributed by atoms with Crippen molar-refractivity contribution in [1.82, 2.24) is 4.90 Å². The van der Waals surface area contributed by atoms with Crippen molar-refractivity contribution < 1.29 is 14.9 Å². The number of aliphatic hydroxyl groups excluding tert-OH is 1. The lowest BCUT2D eigenvalue weighted by Crippen LogP contribution is -2.64. The number of halogens is 1. The fraction of sp³-hybridized carbons (Fsp3) is 0.579. The van der Waals surface area contributed by atoms with Crippen molar-refractivity contribution in [2.24, 2.45) is 0 Å². The van der Waals surface area contributed by atoms with Crippen molar-refractivity contribution in [2.45, 2.75) is 50.0 Å². The number of likely N-dealkylation sites (tertiary alicyclic amines) is 1. The first kappa shape index (κ1) is 17.7. The van der Waals surface area contributed by atoms with E-state index in [0.717, 1.165) is 42.9 Å². The molecule has 4 rings (SSSR count). The highest BCUT2D eigenvalue weighted by atomic mass is 35.5. The normalized spacial score (nSPS) is 30.2. The topological polar surface area (TPSA) is 52.9 Å². The van der Waals surface area contributed by atoms with Gasteiger partial charge in [-0.2, -0.15) is 0 Å². The maximum absolute atomic E-state index is 10.6. The molecule has 136 valence electrons. The summed E-state index contributed by atoms with van der Waals surface area (Å²) in [4.78, 5) is 3.55. The van der Waals surface area contributed by atoms with Crippen LogP contribution >= 0.6 is 22.9 Å². The lowest BCUT2D eigenvalue weighted by molar-refractivity contribution is -0.246. The Morgan fingerprint density at radius 3 is 2.72 bits per heavy atom. The van der Waals surface area contributed by atoms with Crippen molar-refractivity contribution in [3.63, 3.8) is 0 Å². The summed E-state index contributed by atoms with van der Waals surface area (Å²) in [6.07, 6.45) is 1.11. The van der Waals surface area contributed by atoms with Gasteiger partial charge in [0.1, 0.15) is 6.10 Å². The van der Waals surface area contributed by atoms with E-state index >= 15 is 0 Å². The molecule has 0 aliphatic carbocycles. The molecule has 2 N–H and O–H groups in total. The molecule has 2 aromatic rings. The summed E-state index contributed by atoms with van der Waals surface area (Å²) in [6.45, 7) is 4.70. The third-order valence-electron chi connectivity index (χ3n) is 5.76. The minimum Gasteiger partial charge on any atom is -0.387 e. The summed E-state index contributed by atoms with van der Waals surface area (Å²) in [5, 5.41) is 23.0. The van der Waals surface area contributed by atoms with E-state index in [1.807, 2.05) is 12.1 Å². The maximum atomic E-state index is 10.6. The molecule has 3 heterocycles. The SMILES string of the molecule is C[C@@]1(O)CCOC2(CCN(Cc3sc4ccccc4c3Cl)CC2)[C@H]1O. The zero-order valence-electron chi connectivity index (χ0n) is 14.4. The number of nitrogens with zero attached hydrogens (tertiary/aromatic N) is 1. The molecule has 0 amide bonds. The fourth-order valence-electron chi connectivity index (χ4n) is 4.12. The molecule has 2 fully saturated rings. The second kappa shape index (κ2) is 6.48. The molecule has 1 aromatic carbocycles. The first-order valence-electron chi connectivity index (χ1n) is 8.84. The van der Waals surface area contributed by atoms with Gasteiger partial charge in [-0.05, 0) is 25.8 Å². The molecule has 25 heavy (non-hydrogen) atoms. The van der Waals surface area contributed by atoms with Crippen LogP contribution in [0.1, 0.15) is 31.1 Å². The van der Waals surface area contributed by atoms with Gasteiger partial charge in [0.25, 0.3) is 0 Å². The number of thiophene rings is 1. The molecule has 4 nitrogen and oxygen atoms in total. The van der Waals surface area contributed by atoms with Crippen molar-refractivity contribution in [1.29, 1.82) is 0 Å². The van der Waals surface area contributed by atoms with Crippen molar-refractivity contribution in [3.05, 3.63) is 34.2 Å². The van der Waals surface area contributed by atoms with Gasteiger partial charge in [-0.15, -0.1) is 11.3 Å². The Balaban J connectivity index is 1.46. The summed E-state index contributed by atoms with van der Waals surface area (Å²) < 4.78 is 7.18. The molecule has 2 saturated heterocycles. The molecule has 0 radical (unpaired) electrons. The molecule has 6 heteroatoms. The van der Waals surface area contributed by atoms with Crippen LogP contribution in [0.25, 0.3) is 10.1 Å². The zero-order valence-corrected chi connectivity index (χ0v) is 15.9. The van der Waals surface area contributed by atoms with Crippen LogP contribution in [0.2, 0.25) is 5.02 Å². The average Bonchev–Trinajstić information content (AvgIpc) is 2.91. The van der Waals surface area contributed by atoms with Crippen LogP contribution in [-0.4, -0.2) is 52.1 Å². The number of hydrogen-bond acceptors (Lipinski definition) is 5. The van der Waals surface area contributed by atoms with E-state index in [9.17, 15) is 10.2 Å².